The second kappa shape index (κ2) is 10.1. The highest BCUT2D eigenvalue weighted by molar-refractivity contribution is 7.99. The number of thiophene rings is 1. The molecule has 180 valence electrons. The summed E-state index contributed by atoms with van der Waals surface area (Å²) < 4.78 is 40.8. The van der Waals surface area contributed by atoms with Gasteiger partial charge in [-0.2, -0.15) is 13.2 Å². The van der Waals surface area contributed by atoms with E-state index in [1.807, 2.05) is 4.57 Å². The number of thioether (sulfide) groups is 1. The summed E-state index contributed by atoms with van der Waals surface area (Å²) in [6.45, 7) is 6.54. The number of allylic oxidation sites excluding steroid dienone is 1. The Bertz CT molecular complexity index is 1220. The van der Waals surface area contributed by atoms with Crippen LogP contribution in [0.5, 0.6) is 0 Å². The lowest BCUT2D eigenvalue weighted by Crippen LogP contribution is -2.16. The van der Waals surface area contributed by atoms with Gasteiger partial charge in [0.15, 0.2) is 11.0 Å². The number of nitrogens with zero attached hydrogens (tertiary/aromatic N) is 3. The molecule has 11 heteroatoms. The number of hydrogen-bond donors (Lipinski definition) is 1. The smallest absolute Gasteiger partial charge is 0.324 e. The SMILES string of the molecule is C=CCn1c(SCC(=O)Nc2cc(C(F)(F)F)ccc2Cl)nnc1-c1csc2c1CCC(C)C2. The molecule has 0 radical (unpaired) electrons. The zero-order valence-corrected chi connectivity index (χ0v) is 20.7. The molecular weight excluding hydrogens is 505 g/mol. The maximum Gasteiger partial charge on any atom is 0.416 e. The Labute approximate surface area is 208 Å². The van der Waals surface area contributed by atoms with E-state index >= 15 is 0 Å². The number of alkyl halides is 3. The van der Waals surface area contributed by atoms with E-state index in [2.05, 4.69) is 34.4 Å². The van der Waals surface area contributed by atoms with Crippen LogP contribution in [0.2, 0.25) is 5.02 Å². The molecule has 4 rings (SSSR count). The van der Waals surface area contributed by atoms with Crippen LogP contribution in [0.3, 0.4) is 0 Å². The number of anilines is 1. The molecular formula is C23H22ClF3N4OS2. The molecule has 0 aliphatic heterocycles. The second-order valence-corrected chi connectivity index (χ2v) is 10.4. The van der Waals surface area contributed by atoms with E-state index in [1.165, 1.54) is 10.4 Å². The van der Waals surface area contributed by atoms with Gasteiger partial charge >= 0.3 is 6.18 Å². The molecule has 1 aromatic carbocycles. The molecule has 0 bridgehead atoms. The Morgan fingerprint density at radius 2 is 2.21 bits per heavy atom. The molecule has 1 amide bonds. The van der Waals surface area contributed by atoms with E-state index in [9.17, 15) is 18.0 Å². The average Bonchev–Trinajstić information content (AvgIpc) is 3.36. The number of carbonyl (C=O) groups excluding carboxylic acids is 1. The minimum absolute atomic E-state index is 0.0278. The van der Waals surface area contributed by atoms with Crippen LogP contribution in [0, 0.1) is 5.92 Å². The third-order valence-corrected chi connectivity index (χ3v) is 7.92. The molecule has 0 saturated carbocycles. The van der Waals surface area contributed by atoms with E-state index in [0.717, 1.165) is 60.6 Å². The normalized spacial score (nSPS) is 15.7. The molecule has 0 fully saturated rings. The molecule has 2 heterocycles. The molecule has 34 heavy (non-hydrogen) atoms. The Kier molecular flexibility index (Phi) is 7.39. The number of rotatable bonds is 7. The number of aromatic nitrogens is 3. The zero-order chi connectivity index (χ0) is 24.5. The maximum absolute atomic E-state index is 13.0. The summed E-state index contributed by atoms with van der Waals surface area (Å²) in [6.07, 6.45) is 0.399. The first-order valence-electron chi connectivity index (χ1n) is 10.6. The van der Waals surface area contributed by atoms with Gasteiger partial charge in [-0.15, -0.1) is 28.1 Å². The first-order valence-corrected chi connectivity index (χ1v) is 12.8. The Morgan fingerprint density at radius 1 is 1.41 bits per heavy atom. The molecule has 1 N–H and O–H groups in total. The summed E-state index contributed by atoms with van der Waals surface area (Å²) in [4.78, 5) is 13.9. The van der Waals surface area contributed by atoms with Crippen molar-refractivity contribution in [1.82, 2.24) is 14.8 Å². The molecule has 0 spiro atoms. The van der Waals surface area contributed by atoms with E-state index in [-0.39, 0.29) is 16.5 Å². The third kappa shape index (κ3) is 5.34. The van der Waals surface area contributed by atoms with Gasteiger partial charge in [-0.05, 0) is 48.9 Å². The van der Waals surface area contributed by atoms with E-state index < -0.39 is 17.6 Å². The van der Waals surface area contributed by atoms with Gasteiger partial charge in [-0.25, -0.2) is 0 Å². The molecule has 3 aromatic rings. The van der Waals surface area contributed by atoms with Gasteiger partial charge in [0, 0.05) is 22.4 Å². The van der Waals surface area contributed by atoms with Crippen molar-refractivity contribution in [1.29, 1.82) is 0 Å². The Morgan fingerprint density at radius 3 is 2.94 bits per heavy atom. The molecule has 1 atom stereocenters. The lowest BCUT2D eigenvalue weighted by Gasteiger charge is -2.19. The minimum Gasteiger partial charge on any atom is -0.324 e. The van der Waals surface area contributed by atoms with Gasteiger partial charge in [-0.3, -0.25) is 9.36 Å². The predicted molar refractivity (Wildman–Crippen MR) is 131 cm³/mol. The summed E-state index contributed by atoms with van der Waals surface area (Å²) in [5, 5.41) is 13.8. The average molecular weight is 527 g/mol. The third-order valence-electron chi connectivity index (χ3n) is 5.57. The Hall–Kier alpha value is -2.30. The van der Waals surface area contributed by atoms with Crippen LogP contribution >= 0.6 is 34.7 Å². The highest BCUT2D eigenvalue weighted by atomic mass is 35.5. The summed E-state index contributed by atoms with van der Waals surface area (Å²) in [5.74, 6) is 0.833. The Balaban J connectivity index is 1.50. The number of carbonyl (C=O) groups is 1. The largest absolute Gasteiger partial charge is 0.416 e. The fraction of sp³-hybridized carbons (Fsp3) is 0.348. The van der Waals surface area contributed by atoms with Crippen LogP contribution in [-0.4, -0.2) is 26.4 Å². The predicted octanol–water partition coefficient (Wildman–Crippen LogP) is 6.72. The van der Waals surface area contributed by atoms with Gasteiger partial charge in [0.1, 0.15) is 0 Å². The highest BCUT2D eigenvalue weighted by Gasteiger charge is 2.31. The van der Waals surface area contributed by atoms with Crippen LogP contribution in [0.15, 0.2) is 41.4 Å². The van der Waals surface area contributed by atoms with Gasteiger partial charge in [-0.1, -0.05) is 36.4 Å². The molecule has 2 aromatic heterocycles. The monoisotopic (exact) mass is 526 g/mol. The van der Waals surface area contributed by atoms with E-state index in [4.69, 9.17) is 11.6 Å². The van der Waals surface area contributed by atoms with Crippen molar-refractivity contribution in [3.63, 3.8) is 0 Å². The minimum atomic E-state index is -4.53. The maximum atomic E-state index is 13.0. The standard InChI is InChI=1S/C23H22ClF3N4OS2/c1-3-8-31-21(16-11-33-19-9-13(2)4-6-15(16)19)29-30-22(31)34-12-20(32)28-18-10-14(23(25,26)27)5-7-17(18)24/h3,5,7,10-11,13H,1,4,6,8-9,12H2,2H3,(H,28,32). The number of fused-ring (bicyclic) bond motifs is 1. The zero-order valence-electron chi connectivity index (χ0n) is 18.3. The molecule has 1 aliphatic rings. The van der Waals surface area contributed by atoms with E-state index in [1.54, 1.807) is 17.4 Å². The van der Waals surface area contributed by atoms with Crippen molar-refractivity contribution < 1.29 is 18.0 Å². The van der Waals surface area contributed by atoms with Gasteiger partial charge < -0.3 is 5.32 Å². The van der Waals surface area contributed by atoms with Crippen LogP contribution in [0.1, 0.15) is 29.3 Å². The van der Waals surface area contributed by atoms with Crippen molar-refractivity contribution in [2.75, 3.05) is 11.1 Å². The lowest BCUT2D eigenvalue weighted by atomic mass is 9.88. The fourth-order valence-corrected chi connectivity index (χ4v) is 6.02. The van der Waals surface area contributed by atoms with Gasteiger partial charge in [0.05, 0.1) is 22.0 Å². The molecule has 1 aliphatic carbocycles. The van der Waals surface area contributed by atoms with Crippen LogP contribution in [0.25, 0.3) is 11.4 Å². The highest BCUT2D eigenvalue weighted by Crippen LogP contribution is 2.38. The summed E-state index contributed by atoms with van der Waals surface area (Å²) in [7, 11) is 0. The molecule has 0 saturated heterocycles. The lowest BCUT2D eigenvalue weighted by molar-refractivity contribution is -0.137. The first-order chi connectivity index (χ1) is 16.2. The van der Waals surface area contributed by atoms with Crippen molar-refractivity contribution in [2.45, 2.75) is 44.1 Å². The molecule has 5 nitrogen and oxygen atoms in total. The van der Waals surface area contributed by atoms with Gasteiger partial charge in [0.25, 0.3) is 0 Å². The van der Waals surface area contributed by atoms with Crippen molar-refractivity contribution in [2.24, 2.45) is 5.92 Å². The van der Waals surface area contributed by atoms with Crippen molar-refractivity contribution in [3.8, 4) is 11.4 Å². The number of benzene rings is 1. The number of amides is 1. The summed E-state index contributed by atoms with van der Waals surface area (Å²) in [6, 6.07) is 2.81. The topological polar surface area (TPSA) is 59.8 Å². The van der Waals surface area contributed by atoms with Crippen LogP contribution in [-0.2, 0) is 30.4 Å². The second-order valence-electron chi connectivity index (χ2n) is 8.13. The van der Waals surface area contributed by atoms with Crippen LogP contribution < -0.4 is 5.32 Å². The number of halogens is 4. The van der Waals surface area contributed by atoms with Crippen molar-refractivity contribution >= 4 is 46.3 Å². The summed E-state index contributed by atoms with van der Waals surface area (Å²) >= 11 is 8.87. The number of nitrogens with one attached hydrogen (secondary N) is 1. The number of hydrogen-bond acceptors (Lipinski definition) is 5. The van der Waals surface area contributed by atoms with Crippen molar-refractivity contribution in [3.05, 3.63) is 57.3 Å². The first kappa shape index (κ1) is 24.8. The van der Waals surface area contributed by atoms with Crippen LogP contribution in [0.4, 0.5) is 18.9 Å². The van der Waals surface area contributed by atoms with E-state index in [0.29, 0.717) is 17.6 Å². The van der Waals surface area contributed by atoms with Gasteiger partial charge in [0.2, 0.25) is 5.91 Å². The summed E-state index contributed by atoms with van der Waals surface area (Å²) in [5.41, 5.74) is 1.40. The molecule has 1 unspecified atom stereocenters. The fourth-order valence-electron chi connectivity index (χ4n) is 3.87. The quantitative estimate of drug-likeness (QED) is 0.274.